The summed E-state index contributed by atoms with van der Waals surface area (Å²) in [7, 11) is -1.92. The van der Waals surface area contributed by atoms with E-state index in [1.54, 1.807) is 6.21 Å². The predicted octanol–water partition coefficient (Wildman–Crippen LogP) is 3.14. The highest BCUT2D eigenvalue weighted by Crippen LogP contribution is 2.26. The summed E-state index contributed by atoms with van der Waals surface area (Å²) in [6.45, 7) is 0. The van der Waals surface area contributed by atoms with Crippen LogP contribution in [0.25, 0.3) is 0 Å². The van der Waals surface area contributed by atoms with Gasteiger partial charge in [0.25, 0.3) is 0 Å². The molecule has 2 aromatic rings. The third-order valence-electron chi connectivity index (χ3n) is 2.73. The molecule has 0 fully saturated rings. The Bertz CT molecular complexity index is 475. The van der Waals surface area contributed by atoms with Crippen molar-refractivity contribution < 1.29 is 9.79 Å². The summed E-state index contributed by atoms with van der Waals surface area (Å²) < 4.78 is 0. The molecular weight excluding hydrogens is 257 g/mol. The van der Waals surface area contributed by atoms with Gasteiger partial charge in [-0.3, -0.25) is 4.99 Å². The second kappa shape index (κ2) is 7.15. The molecule has 0 aliphatic rings. The summed E-state index contributed by atoms with van der Waals surface area (Å²) in [6.07, 6.45) is 1.79. The minimum atomic E-state index is -1.92. The first-order chi connectivity index (χ1) is 9.27. The van der Waals surface area contributed by atoms with Gasteiger partial charge in [-0.1, -0.05) is 60.7 Å². The molecule has 2 rings (SSSR count). The third kappa shape index (κ3) is 4.25. The van der Waals surface area contributed by atoms with Crippen molar-refractivity contribution in [3.63, 3.8) is 0 Å². The molecule has 19 heavy (non-hydrogen) atoms. The fourth-order valence-corrected chi connectivity index (χ4v) is 2.10. The standard InChI is InChI=1S/C15H16NO2P/c17-19(18)12-11-16-15(13-7-3-1-4-8-13)14-9-5-2-6-10-14/h1-11,15,17-18H,12H2. The average Bonchev–Trinajstić information content (AvgIpc) is 2.45. The van der Waals surface area contributed by atoms with Crippen LogP contribution in [-0.4, -0.2) is 22.2 Å². The molecule has 0 bridgehead atoms. The van der Waals surface area contributed by atoms with Gasteiger partial charge in [-0.15, -0.1) is 0 Å². The molecule has 0 aliphatic heterocycles. The molecule has 98 valence electrons. The summed E-state index contributed by atoms with van der Waals surface area (Å²) in [5.41, 5.74) is 2.18. The predicted molar refractivity (Wildman–Crippen MR) is 79.4 cm³/mol. The average molecular weight is 273 g/mol. The Hall–Kier alpha value is -1.54. The molecule has 4 heteroatoms. The second-order valence-electron chi connectivity index (χ2n) is 4.11. The van der Waals surface area contributed by atoms with E-state index in [1.165, 1.54) is 0 Å². The maximum absolute atomic E-state index is 8.94. The molecule has 0 unspecified atom stereocenters. The Balaban J connectivity index is 2.27. The van der Waals surface area contributed by atoms with Crippen LogP contribution in [0.3, 0.4) is 0 Å². The molecule has 0 saturated carbocycles. The van der Waals surface area contributed by atoms with Gasteiger partial charge >= 0.3 is 0 Å². The highest BCUT2D eigenvalue weighted by molar-refractivity contribution is 7.46. The summed E-state index contributed by atoms with van der Waals surface area (Å²) >= 11 is 0. The van der Waals surface area contributed by atoms with E-state index in [0.29, 0.717) is 0 Å². The number of aliphatic imine (C=N–C) groups is 1. The lowest BCUT2D eigenvalue weighted by Crippen LogP contribution is -1.99. The molecule has 0 saturated heterocycles. The van der Waals surface area contributed by atoms with Crippen LogP contribution in [-0.2, 0) is 0 Å². The molecule has 0 aromatic heterocycles. The highest BCUT2D eigenvalue weighted by Gasteiger charge is 2.11. The van der Waals surface area contributed by atoms with Crippen LogP contribution >= 0.6 is 8.38 Å². The van der Waals surface area contributed by atoms with Crippen molar-refractivity contribution in [1.29, 1.82) is 0 Å². The largest absolute Gasteiger partial charge is 0.350 e. The molecular formula is C15H16NO2P. The van der Waals surface area contributed by atoms with Gasteiger partial charge in [0.2, 0.25) is 0 Å². The zero-order valence-corrected chi connectivity index (χ0v) is 11.3. The Kier molecular flexibility index (Phi) is 5.22. The number of benzene rings is 2. The molecule has 3 nitrogen and oxygen atoms in total. The van der Waals surface area contributed by atoms with Crippen LogP contribution < -0.4 is 0 Å². The molecule has 2 N–H and O–H groups in total. The fraction of sp³-hybridized carbons (Fsp3) is 0.133. The van der Waals surface area contributed by atoms with Crippen molar-refractivity contribution in [3.8, 4) is 0 Å². The number of nitrogens with zero attached hydrogens (tertiary/aromatic N) is 1. The van der Waals surface area contributed by atoms with Gasteiger partial charge in [-0.05, 0) is 11.1 Å². The van der Waals surface area contributed by atoms with E-state index in [9.17, 15) is 0 Å². The number of rotatable bonds is 5. The number of hydrogen-bond donors (Lipinski definition) is 2. The van der Waals surface area contributed by atoms with Crippen molar-refractivity contribution >= 4 is 14.6 Å². The van der Waals surface area contributed by atoms with Gasteiger partial charge in [-0.2, -0.15) is 0 Å². The van der Waals surface area contributed by atoms with Crippen molar-refractivity contribution in [3.05, 3.63) is 71.8 Å². The van der Waals surface area contributed by atoms with Crippen molar-refractivity contribution in [2.45, 2.75) is 6.04 Å². The first-order valence-electron chi connectivity index (χ1n) is 6.04. The molecule has 0 spiro atoms. The zero-order chi connectivity index (χ0) is 13.5. The topological polar surface area (TPSA) is 52.8 Å². The lowest BCUT2D eigenvalue weighted by molar-refractivity contribution is 0.488. The molecule has 0 heterocycles. The van der Waals surface area contributed by atoms with Crippen LogP contribution in [0.4, 0.5) is 0 Å². The lowest BCUT2D eigenvalue weighted by Gasteiger charge is -2.13. The van der Waals surface area contributed by atoms with Crippen molar-refractivity contribution in [2.75, 3.05) is 6.16 Å². The third-order valence-corrected chi connectivity index (χ3v) is 3.22. The van der Waals surface area contributed by atoms with Crippen LogP contribution in [0.1, 0.15) is 17.2 Å². The maximum atomic E-state index is 8.94. The molecule has 0 aliphatic carbocycles. The second-order valence-corrected chi connectivity index (χ2v) is 5.22. The Morgan fingerprint density at radius 1 is 0.895 bits per heavy atom. The van der Waals surface area contributed by atoms with Gasteiger partial charge in [0.1, 0.15) is 0 Å². The van der Waals surface area contributed by atoms with E-state index in [1.807, 2.05) is 60.7 Å². The molecule has 0 amide bonds. The van der Waals surface area contributed by atoms with Crippen LogP contribution in [0, 0.1) is 0 Å². The smallest absolute Gasteiger partial charge is 0.170 e. The summed E-state index contributed by atoms with van der Waals surface area (Å²) in [5.74, 6) is 0. The van der Waals surface area contributed by atoms with E-state index in [0.717, 1.165) is 11.1 Å². The van der Waals surface area contributed by atoms with Crippen LogP contribution in [0.5, 0.6) is 0 Å². The highest BCUT2D eigenvalue weighted by atomic mass is 31.2. The van der Waals surface area contributed by atoms with E-state index >= 15 is 0 Å². The maximum Gasteiger partial charge on any atom is 0.170 e. The quantitative estimate of drug-likeness (QED) is 0.649. The first kappa shape index (κ1) is 13.9. The van der Waals surface area contributed by atoms with Gasteiger partial charge in [0.15, 0.2) is 8.38 Å². The van der Waals surface area contributed by atoms with Gasteiger partial charge in [-0.25, -0.2) is 0 Å². The minimum absolute atomic E-state index is 0.0997. The van der Waals surface area contributed by atoms with E-state index in [2.05, 4.69) is 4.99 Å². The molecule has 0 radical (unpaired) electrons. The summed E-state index contributed by atoms with van der Waals surface area (Å²) in [6, 6.07) is 19.8. The SMILES string of the molecule is OP(O)CC=NC(c1ccccc1)c1ccccc1. The Morgan fingerprint density at radius 3 is 1.79 bits per heavy atom. The first-order valence-corrected chi connectivity index (χ1v) is 7.47. The fourth-order valence-electron chi connectivity index (χ4n) is 1.86. The van der Waals surface area contributed by atoms with E-state index in [-0.39, 0.29) is 12.2 Å². The normalized spacial score (nSPS) is 11.6. The number of hydrogen-bond acceptors (Lipinski definition) is 3. The Labute approximate surface area is 114 Å². The van der Waals surface area contributed by atoms with Crippen molar-refractivity contribution in [1.82, 2.24) is 0 Å². The monoisotopic (exact) mass is 273 g/mol. The van der Waals surface area contributed by atoms with Crippen LogP contribution in [0.15, 0.2) is 65.7 Å². The van der Waals surface area contributed by atoms with Gasteiger partial charge < -0.3 is 9.79 Å². The van der Waals surface area contributed by atoms with E-state index < -0.39 is 8.38 Å². The zero-order valence-electron chi connectivity index (χ0n) is 10.4. The summed E-state index contributed by atoms with van der Waals surface area (Å²) in [5, 5.41) is 0. The van der Waals surface area contributed by atoms with Gasteiger partial charge in [0, 0.05) is 6.21 Å². The molecule has 2 aromatic carbocycles. The van der Waals surface area contributed by atoms with Crippen molar-refractivity contribution in [2.24, 2.45) is 4.99 Å². The molecule has 0 atom stereocenters. The van der Waals surface area contributed by atoms with Crippen LogP contribution in [0.2, 0.25) is 0 Å². The van der Waals surface area contributed by atoms with Gasteiger partial charge in [0.05, 0.1) is 12.2 Å². The lowest BCUT2D eigenvalue weighted by atomic mass is 9.99. The minimum Gasteiger partial charge on any atom is -0.350 e. The Morgan fingerprint density at radius 2 is 1.37 bits per heavy atom. The van der Waals surface area contributed by atoms with E-state index in [4.69, 9.17) is 9.79 Å². The summed E-state index contributed by atoms with van der Waals surface area (Å²) in [4.78, 5) is 22.3.